The summed E-state index contributed by atoms with van der Waals surface area (Å²) in [6.07, 6.45) is 1.63. The molecule has 0 saturated carbocycles. The summed E-state index contributed by atoms with van der Waals surface area (Å²) >= 11 is 0. The third-order valence-electron chi connectivity index (χ3n) is 2.95. The Morgan fingerprint density at radius 1 is 1.00 bits per heavy atom. The Balaban J connectivity index is 2.07. The minimum atomic E-state index is -0.864. The van der Waals surface area contributed by atoms with E-state index in [1.54, 1.807) is 24.4 Å². The largest absolute Gasteiger partial charge is 0.336 e. The van der Waals surface area contributed by atoms with Crippen LogP contribution in [0, 0.1) is 11.6 Å². The van der Waals surface area contributed by atoms with E-state index in [-0.39, 0.29) is 11.6 Å². The number of benzene rings is 1. The first kappa shape index (κ1) is 13.2. The molecule has 5 nitrogen and oxygen atoms in total. The van der Waals surface area contributed by atoms with E-state index in [0.29, 0.717) is 17.3 Å². The van der Waals surface area contributed by atoms with Crippen molar-refractivity contribution in [2.75, 3.05) is 10.7 Å². The molecule has 0 radical (unpaired) electrons. The number of hydrogen-bond acceptors (Lipinski definition) is 5. The van der Waals surface area contributed by atoms with Crippen molar-refractivity contribution in [1.29, 1.82) is 0 Å². The standard InChI is InChI=1S/C14H11F2N5/c15-9-7-10(16)14(21-17)20-13(9)19-11-5-1-3-8-4-2-6-18-12(8)11/h1-7H,17H2,(H2,19,20,21). The van der Waals surface area contributed by atoms with Gasteiger partial charge in [-0.2, -0.15) is 0 Å². The Morgan fingerprint density at radius 3 is 2.57 bits per heavy atom. The second-order valence-electron chi connectivity index (χ2n) is 4.30. The van der Waals surface area contributed by atoms with Gasteiger partial charge in [0.1, 0.15) is 0 Å². The number of rotatable bonds is 3. The van der Waals surface area contributed by atoms with E-state index in [2.05, 4.69) is 20.7 Å². The Morgan fingerprint density at radius 2 is 1.76 bits per heavy atom. The predicted molar refractivity (Wildman–Crippen MR) is 77.0 cm³/mol. The number of fused-ring (bicyclic) bond motifs is 1. The molecule has 0 amide bonds. The summed E-state index contributed by atoms with van der Waals surface area (Å²) in [4.78, 5) is 8.01. The Labute approximate surface area is 118 Å². The molecule has 0 spiro atoms. The van der Waals surface area contributed by atoms with E-state index < -0.39 is 11.6 Å². The van der Waals surface area contributed by atoms with Crippen molar-refractivity contribution >= 4 is 28.2 Å². The van der Waals surface area contributed by atoms with Crippen molar-refractivity contribution < 1.29 is 8.78 Å². The Hall–Kier alpha value is -2.80. The van der Waals surface area contributed by atoms with E-state index in [1.165, 1.54) is 0 Å². The number of hydrogen-bond donors (Lipinski definition) is 3. The summed E-state index contributed by atoms with van der Waals surface area (Å²) in [5, 5.41) is 3.70. The maximum absolute atomic E-state index is 13.8. The molecule has 1 aromatic carbocycles. The van der Waals surface area contributed by atoms with Gasteiger partial charge in [0.2, 0.25) is 0 Å². The van der Waals surface area contributed by atoms with Crippen LogP contribution in [0.1, 0.15) is 0 Å². The minimum absolute atomic E-state index is 0.137. The monoisotopic (exact) mass is 287 g/mol. The maximum Gasteiger partial charge on any atom is 0.178 e. The zero-order chi connectivity index (χ0) is 14.8. The van der Waals surface area contributed by atoms with Crippen LogP contribution in [-0.4, -0.2) is 9.97 Å². The fourth-order valence-corrected chi connectivity index (χ4v) is 1.99. The fraction of sp³-hybridized carbons (Fsp3) is 0. The molecule has 0 fully saturated rings. The highest BCUT2D eigenvalue weighted by atomic mass is 19.1. The number of nitrogens with two attached hydrogens (primary N) is 1. The van der Waals surface area contributed by atoms with Gasteiger partial charge in [0.15, 0.2) is 23.3 Å². The molecule has 2 heterocycles. The first-order chi connectivity index (χ1) is 10.2. The number of nitrogens with one attached hydrogen (secondary N) is 2. The van der Waals surface area contributed by atoms with Crippen molar-refractivity contribution in [1.82, 2.24) is 9.97 Å². The van der Waals surface area contributed by atoms with Crippen LogP contribution in [0.25, 0.3) is 10.9 Å². The number of nitrogens with zero attached hydrogens (tertiary/aromatic N) is 2. The number of pyridine rings is 2. The molecule has 0 saturated heterocycles. The Bertz CT molecular complexity index is 801. The van der Waals surface area contributed by atoms with Crippen LogP contribution < -0.4 is 16.6 Å². The van der Waals surface area contributed by atoms with Gasteiger partial charge in [-0.3, -0.25) is 4.98 Å². The highest BCUT2D eigenvalue weighted by Crippen LogP contribution is 2.26. The predicted octanol–water partition coefficient (Wildman–Crippen LogP) is 2.94. The zero-order valence-corrected chi connectivity index (χ0v) is 10.8. The van der Waals surface area contributed by atoms with Crippen molar-refractivity contribution in [2.24, 2.45) is 5.84 Å². The second kappa shape index (κ2) is 5.29. The van der Waals surface area contributed by atoms with Crippen LogP contribution in [0.15, 0.2) is 42.6 Å². The lowest BCUT2D eigenvalue weighted by atomic mass is 10.2. The minimum Gasteiger partial charge on any atom is -0.336 e. The molecule has 2 aromatic heterocycles. The Kier molecular flexibility index (Phi) is 3.33. The van der Waals surface area contributed by atoms with Crippen molar-refractivity contribution in [3.8, 4) is 0 Å². The molecule has 7 heteroatoms. The first-order valence-electron chi connectivity index (χ1n) is 6.12. The molecule has 21 heavy (non-hydrogen) atoms. The normalized spacial score (nSPS) is 10.6. The van der Waals surface area contributed by atoms with E-state index in [4.69, 9.17) is 5.84 Å². The molecule has 0 aliphatic heterocycles. The molecule has 0 aliphatic rings. The van der Waals surface area contributed by atoms with Gasteiger partial charge in [-0.25, -0.2) is 19.6 Å². The van der Waals surface area contributed by atoms with E-state index in [9.17, 15) is 8.78 Å². The summed E-state index contributed by atoms with van der Waals surface area (Å²) in [7, 11) is 0. The highest BCUT2D eigenvalue weighted by Gasteiger charge is 2.12. The molecule has 4 N–H and O–H groups in total. The summed E-state index contributed by atoms with van der Waals surface area (Å²) < 4.78 is 27.1. The number of anilines is 3. The average molecular weight is 287 g/mol. The maximum atomic E-state index is 13.8. The van der Waals surface area contributed by atoms with Gasteiger partial charge in [-0.1, -0.05) is 18.2 Å². The van der Waals surface area contributed by atoms with Crippen molar-refractivity contribution in [2.45, 2.75) is 0 Å². The summed E-state index contributed by atoms with van der Waals surface area (Å²) in [5.74, 6) is 3.07. The number of nitrogen functional groups attached to an aromatic ring is 1. The van der Waals surface area contributed by atoms with Crippen LogP contribution in [0.5, 0.6) is 0 Å². The van der Waals surface area contributed by atoms with E-state index in [1.807, 2.05) is 12.1 Å². The summed E-state index contributed by atoms with van der Waals surface area (Å²) in [5.41, 5.74) is 3.30. The zero-order valence-electron chi connectivity index (χ0n) is 10.8. The smallest absolute Gasteiger partial charge is 0.178 e. The van der Waals surface area contributed by atoms with E-state index >= 15 is 0 Å². The summed E-state index contributed by atoms with van der Waals surface area (Å²) in [6.45, 7) is 0. The lowest BCUT2D eigenvalue weighted by Gasteiger charge is -2.11. The lowest BCUT2D eigenvalue weighted by molar-refractivity contribution is 0.579. The van der Waals surface area contributed by atoms with Gasteiger partial charge >= 0.3 is 0 Å². The molecule has 0 unspecified atom stereocenters. The number of para-hydroxylation sites is 1. The highest BCUT2D eigenvalue weighted by molar-refractivity contribution is 5.91. The fourth-order valence-electron chi connectivity index (χ4n) is 1.99. The molecule has 0 aliphatic carbocycles. The molecule has 106 valence electrons. The average Bonchev–Trinajstić information content (AvgIpc) is 2.50. The van der Waals surface area contributed by atoms with Crippen LogP contribution in [-0.2, 0) is 0 Å². The second-order valence-corrected chi connectivity index (χ2v) is 4.30. The van der Waals surface area contributed by atoms with Crippen LogP contribution in [0.4, 0.5) is 26.1 Å². The van der Waals surface area contributed by atoms with Crippen molar-refractivity contribution in [3.63, 3.8) is 0 Å². The molecule has 0 atom stereocenters. The molecule has 0 bridgehead atoms. The van der Waals surface area contributed by atoms with Crippen LogP contribution in [0.2, 0.25) is 0 Å². The SMILES string of the molecule is NNc1nc(Nc2cccc3cccnc23)c(F)cc1F. The third-order valence-corrected chi connectivity index (χ3v) is 2.95. The quantitative estimate of drug-likeness (QED) is 0.510. The number of hydrazine groups is 1. The van der Waals surface area contributed by atoms with Gasteiger partial charge < -0.3 is 10.7 Å². The van der Waals surface area contributed by atoms with Gasteiger partial charge in [0, 0.05) is 17.6 Å². The van der Waals surface area contributed by atoms with E-state index in [0.717, 1.165) is 5.39 Å². The van der Waals surface area contributed by atoms with Crippen molar-refractivity contribution in [3.05, 3.63) is 54.2 Å². The number of halogens is 2. The van der Waals surface area contributed by atoms with Gasteiger partial charge in [-0.15, -0.1) is 0 Å². The third kappa shape index (κ3) is 2.46. The molecular weight excluding hydrogens is 276 g/mol. The van der Waals surface area contributed by atoms with Crippen LogP contribution in [0.3, 0.4) is 0 Å². The van der Waals surface area contributed by atoms with Gasteiger partial charge in [0.05, 0.1) is 11.2 Å². The first-order valence-corrected chi connectivity index (χ1v) is 6.12. The molecule has 3 aromatic rings. The number of aromatic nitrogens is 2. The lowest BCUT2D eigenvalue weighted by Crippen LogP contribution is -2.12. The van der Waals surface area contributed by atoms with Gasteiger partial charge in [0.25, 0.3) is 0 Å². The summed E-state index contributed by atoms with van der Waals surface area (Å²) in [6, 6.07) is 9.82. The van der Waals surface area contributed by atoms with Crippen LogP contribution >= 0.6 is 0 Å². The molecular formula is C14H11F2N5. The topological polar surface area (TPSA) is 75.9 Å². The molecule has 3 rings (SSSR count). The van der Waals surface area contributed by atoms with Gasteiger partial charge in [-0.05, 0) is 12.1 Å².